The molecule has 466 valence electrons. The molecule has 0 bridgehead atoms. The summed E-state index contributed by atoms with van der Waals surface area (Å²) >= 11 is 0. The van der Waals surface area contributed by atoms with Crippen molar-refractivity contribution in [3.8, 4) is 0 Å². The van der Waals surface area contributed by atoms with Crippen molar-refractivity contribution in [2.24, 2.45) is 0 Å². The van der Waals surface area contributed by atoms with Crippen molar-refractivity contribution in [3.63, 3.8) is 0 Å². The molecule has 1 heterocycles. The number of unbranched alkanes of at least 4 members (excludes halogenated alkanes) is 45. The van der Waals surface area contributed by atoms with Crippen LogP contribution in [-0.4, -0.2) is 87.2 Å². The van der Waals surface area contributed by atoms with E-state index >= 15 is 0 Å². The van der Waals surface area contributed by atoms with Crippen LogP contribution in [0.2, 0.25) is 18.1 Å². The van der Waals surface area contributed by atoms with Gasteiger partial charge in [-0.25, -0.2) is 0 Å². The van der Waals surface area contributed by atoms with E-state index in [0.717, 1.165) is 37.4 Å². The fraction of sp³-hybridized carbons (Fsp3) is 0.902. The van der Waals surface area contributed by atoms with Crippen molar-refractivity contribution in [1.82, 2.24) is 0 Å². The van der Waals surface area contributed by atoms with Gasteiger partial charge in [0.05, 0.1) is 0 Å². The molecule has 18 heteroatoms. The van der Waals surface area contributed by atoms with Crippen molar-refractivity contribution >= 4 is 92.4 Å². The zero-order chi connectivity index (χ0) is 56.4. The lowest BCUT2D eigenvalue weighted by Gasteiger charge is -2.42. The lowest BCUT2D eigenvalue weighted by atomic mass is 10.0. The van der Waals surface area contributed by atoms with E-state index in [2.05, 4.69) is 52.0 Å². The quantitative estimate of drug-likeness (QED) is 0.0468. The highest BCUT2D eigenvalue weighted by molar-refractivity contribution is 6.91. The summed E-state index contributed by atoms with van der Waals surface area (Å²) in [6, 6.07) is 12.2. The third kappa shape index (κ3) is 46.7. The van der Waals surface area contributed by atoms with Crippen LogP contribution in [0.4, 0.5) is 0 Å². The highest BCUT2D eigenvalue weighted by Gasteiger charge is 2.49. The van der Waals surface area contributed by atoms with Crippen molar-refractivity contribution in [3.05, 3.63) is 29.8 Å². The van der Waals surface area contributed by atoms with E-state index in [9.17, 15) is 0 Å². The maximum absolute atomic E-state index is 8.15. The summed E-state index contributed by atoms with van der Waals surface area (Å²) in [4.78, 5) is 0. The molecule has 1 aromatic rings. The van der Waals surface area contributed by atoms with E-state index in [1.54, 1.807) is 0 Å². The molecule has 0 aliphatic carbocycles. The fourth-order valence-electron chi connectivity index (χ4n) is 11.6. The van der Waals surface area contributed by atoms with E-state index in [4.69, 9.17) is 37.0 Å². The monoisotopic (exact) mass is 1260 g/mol. The summed E-state index contributed by atoms with van der Waals surface area (Å²) in [6.45, 7) is 9.17. The third-order valence-electron chi connectivity index (χ3n) is 16.6. The minimum atomic E-state index is -3.04. The van der Waals surface area contributed by atoms with Crippen LogP contribution in [0.1, 0.15) is 335 Å². The van der Waals surface area contributed by atoms with Crippen LogP contribution in [-0.2, 0) is 37.0 Å². The molecule has 0 saturated carbocycles. The topological polar surface area (TPSA) is 83.1 Å². The Kier molecular flexibility index (Phi) is 56.8. The molecule has 1 aliphatic heterocycles. The molecule has 1 saturated heterocycles. The lowest BCUT2D eigenvalue weighted by molar-refractivity contribution is 0.290. The van der Waals surface area contributed by atoms with Gasteiger partial charge in [0.25, 0.3) is 70.0 Å². The molecule has 0 amide bonds. The number of hydrogen-bond acceptors (Lipinski definition) is 9. The molecule has 9 nitrogen and oxygen atoms in total. The fourth-order valence-corrected chi connectivity index (χ4v) is 36.3. The van der Waals surface area contributed by atoms with Crippen LogP contribution in [0.25, 0.3) is 0 Å². The molecule has 1 aromatic carbocycles. The average Bonchev–Trinajstić information content (AvgIpc) is 3.50. The second-order valence-electron chi connectivity index (χ2n) is 24.1. The highest BCUT2D eigenvalue weighted by atomic mass is 28.5. The molecular weight excluding hydrogens is 1130 g/mol. The highest BCUT2D eigenvalue weighted by Crippen LogP contribution is 2.33. The Balaban J connectivity index is 2.17. The smallest absolute Gasteiger partial charge is 0.354 e. The molecule has 0 spiro atoms. The molecule has 1 aliphatic rings. The van der Waals surface area contributed by atoms with Crippen LogP contribution in [0, 0.1) is 6.92 Å². The maximum Gasteiger partial charge on any atom is 0.354 e. The van der Waals surface area contributed by atoms with Gasteiger partial charge in [0.1, 0.15) is 0 Å². The summed E-state index contributed by atoms with van der Waals surface area (Å²) in [7, 11) is -14.2. The summed E-state index contributed by atoms with van der Waals surface area (Å²) in [5, 5.41) is 1.27. The molecule has 79 heavy (non-hydrogen) atoms. The number of aryl methyl sites for hydroxylation is 1. The third-order valence-corrected chi connectivity index (χ3v) is 36.8. The molecular formula is C61H132O9Si9. The maximum atomic E-state index is 8.15. The second-order valence-corrected chi connectivity index (χ2v) is 44.1. The van der Waals surface area contributed by atoms with Gasteiger partial charge in [0, 0.05) is 0 Å². The largest absolute Gasteiger partial charge is 0.425 e. The van der Waals surface area contributed by atoms with Crippen molar-refractivity contribution in [2.45, 2.75) is 354 Å². The molecule has 0 aromatic heterocycles. The Hall–Kier alpha value is 0.812. The summed E-state index contributed by atoms with van der Waals surface area (Å²) in [6.07, 6.45) is 65.9. The Morgan fingerprint density at radius 1 is 0.291 bits per heavy atom. The first-order valence-corrected chi connectivity index (χ1v) is 46.9. The SMILES string of the molecule is CCCCCCCCCCCCCCCCCC[Si]1(CCCCCCCCCCCCCCCCCC)O[SiH2]O[SiH2]O[SiH2]O[SiH2]O[SiH2]O[SiH2]O[SiH2]O[Si](CCCCCCCCCCCCCCCCCC)(c2cccc(C)c2)O1. The summed E-state index contributed by atoms with van der Waals surface area (Å²) in [5.74, 6) is 0. The van der Waals surface area contributed by atoms with Gasteiger partial charge in [-0.15, -0.1) is 0 Å². The lowest BCUT2D eigenvalue weighted by Crippen LogP contribution is -2.63. The number of benzene rings is 1. The van der Waals surface area contributed by atoms with Crippen molar-refractivity contribution < 1.29 is 37.0 Å². The van der Waals surface area contributed by atoms with Crippen LogP contribution >= 0.6 is 0 Å². The molecule has 2 rings (SSSR count). The summed E-state index contributed by atoms with van der Waals surface area (Å²) < 4.78 is 59.7. The molecule has 0 N–H and O–H groups in total. The van der Waals surface area contributed by atoms with Crippen molar-refractivity contribution in [2.75, 3.05) is 0 Å². The molecule has 1 fully saturated rings. The Bertz CT molecular complexity index is 1370. The van der Waals surface area contributed by atoms with Crippen LogP contribution in [0.5, 0.6) is 0 Å². The van der Waals surface area contributed by atoms with E-state index in [0.29, 0.717) is 0 Å². The zero-order valence-corrected chi connectivity index (χ0v) is 64.9. The minimum absolute atomic E-state index is 0.955. The number of rotatable bonds is 52. The van der Waals surface area contributed by atoms with Crippen molar-refractivity contribution in [1.29, 1.82) is 0 Å². The molecule has 1 atom stereocenters. The second kappa shape index (κ2) is 59.2. The Morgan fingerprint density at radius 2 is 0.544 bits per heavy atom. The van der Waals surface area contributed by atoms with Crippen LogP contribution in [0.3, 0.4) is 0 Å². The van der Waals surface area contributed by atoms with Gasteiger partial charge in [0.15, 0.2) is 0 Å². The average molecular weight is 1260 g/mol. The van der Waals surface area contributed by atoms with Gasteiger partial charge in [0.2, 0.25) is 0 Å². The first-order chi connectivity index (χ1) is 39.1. The Morgan fingerprint density at radius 3 is 0.835 bits per heavy atom. The summed E-state index contributed by atoms with van der Waals surface area (Å²) in [5.41, 5.74) is 1.27. The molecule has 0 radical (unpaired) electrons. The van der Waals surface area contributed by atoms with Crippen LogP contribution < -0.4 is 5.19 Å². The van der Waals surface area contributed by atoms with Gasteiger partial charge < -0.3 is 37.0 Å². The Labute approximate surface area is 510 Å². The zero-order valence-electron chi connectivity index (χ0n) is 53.0. The van der Waals surface area contributed by atoms with Gasteiger partial charge >= 0.3 is 17.1 Å². The number of hydrogen-bond donors (Lipinski definition) is 0. The molecule has 1 unspecified atom stereocenters. The van der Waals surface area contributed by atoms with Gasteiger partial charge in [-0.1, -0.05) is 359 Å². The normalized spacial score (nSPS) is 19.4. The van der Waals surface area contributed by atoms with Gasteiger partial charge in [-0.3, -0.25) is 0 Å². The first-order valence-electron chi connectivity index (χ1n) is 34.6. The van der Waals surface area contributed by atoms with E-state index in [1.165, 1.54) is 300 Å². The van der Waals surface area contributed by atoms with E-state index < -0.39 is 87.2 Å². The van der Waals surface area contributed by atoms with Gasteiger partial charge in [-0.2, -0.15) is 0 Å². The van der Waals surface area contributed by atoms with Crippen LogP contribution in [0.15, 0.2) is 24.3 Å². The predicted molar refractivity (Wildman–Crippen MR) is 365 cm³/mol. The van der Waals surface area contributed by atoms with E-state index in [1.807, 2.05) is 0 Å². The van der Waals surface area contributed by atoms with Gasteiger partial charge in [-0.05, 0) is 30.2 Å². The van der Waals surface area contributed by atoms with E-state index in [-0.39, 0.29) is 0 Å². The minimum Gasteiger partial charge on any atom is -0.425 e. The first kappa shape index (κ1) is 75.9. The standard InChI is InChI=1S/C61H132O9Si9/c1-5-8-11-14-17-20-23-26-29-32-35-38-41-44-47-50-56-78(57-51-48-45-42-39-36-33-30-27-24-21-18-15-12-9-6-2)68-76-66-74-64-72-62-71-63-73-65-75-67-77-69-79(70-78,61-55-53-54-60(4)59-61)58-52-49-46-43-40-37-34-31-28-25-22-19-16-13-10-7-3/h53-55,59H,5-52,56-58,71-77H2,1-4H3. The predicted octanol–water partition coefficient (Wildman–Crippen LogP) is 15.0.